The lowest BCUT2D eigenvalue weighted by molar-refractivity contribution is -0.123. The van der Waals surface area contributed by atoms with Crippen LogP contribution in [0.5, 0.6) is 5.75 Å². The number of ether oxygens (including phenoxy) is 1. The van der Waals surface area contributed by atoms with E-state index in [1.165, 1.54) is 0 Å². The number of nitrogens with one attached hydrogen (secondary N) is 2. The van der Waals surface area contributed by atoms with Gasteiger partial charge in [0, 0.05) is 31.0 Å². The second kappa shape index (κ2) is 8.82. The highest BCUT2D eigenvalue weighted by atomic mass is 16.5. The van der Waals surface area contributed by atoms with Crippen molar-refractivity contribution in [3.8, 4) is 5.75 Å². The fourth-order valence-corrected chi connectivity index (χ4v) is 2.32. The molecule has 6 heteroatoms. The molecular weight excluding hydrogens is 318 g/mol. The maximum atomic E-state index is 11.9. The number of hydrogen-bond acceptors (Lipinski definition) is 4. The maximum absolute atomic E-state index is 11.9. The summed E-state index contributed by atoms with van der Waals surface area (Å²) in [4.78, 5) is 27.6. The smallest absolute Gasteiger partial charge is 0.258 e. The van der Waals surface area contributed by atoms with E-state index >= 15 is 0 Å². The number of aryl methyl sites for hydroxylation is 2. The van der Waals surface area contributed by atoms with Crippen LogP contribution in [0.25, 0.3) is 0 Å². The van der Waals surface area contributed by atoms with Crippen LogP contribution in [0.1, 0.15) is 27.0 Å². The van der Waals surface area contributed by atoms with E-state index in [9.17, 15) is 9.59 Å². The fourth-order valence-electron chi connectivity index (χ4n) is 2.32. The van der Waals surface area contributed by atoms with E-state index in [4.69, 9.17) is 4.74 Å². The Morgan fingerprint density at radius 2 is 1.60 bits per heavy atom. The number of carbonyl (C=O) groups excluding carboxylic acids is 2. The number of rotatable bonds is 7. The fraction of sp³-hybridized carbons (Fsp3) is 0.316. The highest BCUT2D eigenvalue weighted by Gasteiger charge is 2.09. The predicted octanol–water partition coefficient (Wildman–Crippen LogP) is 1.93. The second-order valence-corrected chi connectivity index (χ2v) is 5.78. The third-order valence-electron chi connectivity index (χ3n) is 3.90. The summed E-state index contributed by atoms with van der Waals surface area (Å²) in [5.74, 6) is 0.332. The zero-order valence-corrected chi connectivity index (χ0v) is 14.8. The van der Waals surface area contributed by atoms with Gasteiger partial charge in [-0.15, -0.1) is 0 Å². The molecule has 0 unspecified atom stereocenters. The van der Waals surface area contributed by atoms with E-state index in [1.54, 1.807) is 24.5 Å². The van der Waals surface area contributed by atoms with Gasteiger partial charge in [0.15, 0.2) is 6.61 Å². The first-order valence-corrected chi connectivity index (χ1v) is 8.13. The minimum atomic E-state index is -0.224. The lowest BCUT2D eigenvalue weighted by Gasteiger charge is -2.14. The Morgan fingerprint density at radius 1 is 0.960 bits per heavy atom. The molecule has 1 aromatic carbocycles. The molecule has 132 valence electrons. The third kappa shape index (κ3) is 5.31. The third-order valence-corrected chi connectivity index (χ3v) is 3.90. The number of nitrogens with zero attached hydrogens (tertiary/aromatic N) is 1. The van der Waals surface area contributed by atoms with Crippen molar-refractivity contribution >= 4 is 11.8 Å². The molecule has 0 fully saturated rings. The number of pyridine rings is 1. The van der Waals surface area contributed by atoms with Crippen molar-refractivity contribution < 1.29 is 14.3 Å². The van der Waals surface area contributed by atoms with Crippen LogP contribution in [0.4, 0.5) is 0 Å². The standard InChI is InChI=1S/C19H23N3O3/c1-13-4-5-14(2)18(15(13)3)25-12-17(23)21-10-11-22-19(24)16-6-8-20-9-7-16/h4-9H,10-12H2,1-3H3,(H,21,23)(H,22,24). The highest BCUT2D eigenvalue weighted by Crippen LogP contribution is 2.25. The van der Waals surface area contributed by atoms with Crippen LogP contribution in [-0.2, 0) is 4.79 Å². The number of benzene rings is 1. The van der Waals surface area contributed by atoms with Gasteiger partial charge in [-0.2, -0.15) is 0 Å². The summed E-state index contributed by atoms with van der Waals surface area (Å²) < 4.78 is 5.65. The Labute approximate surface area is 147 Å². The summed E-state index contributed by atoms with van der Waals surface area (Å²) in [5.41, 5.74) is 3.70. The topological polar surface area (TPSA) is 80.3 Å². The number of amides is 2. The van der Waals surface area contributed by atoms with Crippen LogP contribution in [0, 0.1) is 20.8 Å². The zero-order valence-electron chi connectivity index (χ0n) is 14.8. The predicted molar refractivity (Wildman–Crippen MR) is 95.7 cm³/mol. The van der Waals surface area contributed by atoms with Gasteiger partial charge in [0.2, 0.25) is 0 Å². The molecule has 0 aliphatic carbocycles. The Hall–Kier alpha value is -2.89. The molecule has 2 amide bonds. The van der Waals surface area contributed by atoms with Crippen molar-refractivity contribution in [3.05, 3.63) is 58.9 Å². The lowest BCUT2D eigenvalue weighted by Crippen LogP contribution is -2.36. The van der Waals surface area contributed by atoms with E-state index in [0.29, 0.717) is 18.7 Å². The molecule has 0 saturated heterocycles. The van der Waals surface area contributed by atoms with E-state index < -0.39 is 0 Å². The van der Waals surface area contributed by atoms with Crippen molar-refractivity contribution in [3.63, 3.8) is 0 Å². The molecule has 0 aliphatic rings. The molecule has 2 aromatic rings. The molecule has 6 nitrogen and oxygen atoms in total. The van der Waals surface area contributed by atoms with Gasteiger partial charge in [0.25, 0.3) is 11.8 Å². The molecule has 0 aliphatic heterocycles. The van der Waals surface area contributed by atoms with Gasteiger partial charge in [-0.1, -0.05) is 12.1 Å². The van der Waals surface area contributed by atoms with Crippen LogP contribution in [0.15, 0.2) is 36.7 Å². The number of aromatic nitrogens is 1. The Kier molecular flexibility index (Phi) is 6.51. The molecule has 2 N–H and O–H groups in total. The van der Waals surface area contributed by atoms with Crippen molar-refractivity contribution in [1.29, 1.82) is 0 Å². The summed E-state index contributed by atoms with van der Waals surface area (Å²) in [7, 11) is 0. The number of hydrogen-bond donors (Lipinski definition) is 2. The minimum absolute atomic E-state index is 0.0521. The molecule has 0 bridgehead atoms. The summed E-state index contributed by atoms with van der Waals surface area (Å²) in [6.45, 7) is 6.56. The van der Waals surface area contributed by atoms with Crippen molar-refractivity contribution in [2.45, 2.75) is 20.8 Å². The number of carbonyl (C=O) groups is 2. The lowest BCUT2D eigenvalue weighted by atomic mass is 10.1. The molecule has 2 rings (SSSR count). The van der Waals surface area contributed by atoms with Gasteiger partial charge in [0.1, 0.15) is 5.75 Å². The van der Waals surface area contributed by atoms with Crippen molar-refractivity contribution in [1.82, 2.24) is 15.6 Å². The van der Waals surface area contributed by atoms with Gasteiger partial charge in [-0.05, 0) is 49.6 Å². The molecule has 0 saturated carbocycles. The Morgan fingerprint density at radius 3 is 2.32 bits per heavy atom. The second-order valence-electron chi connectivity index (χ2n) is 5.78. The summed E-state index contributed by atoms with van der Waals surface area (Å²) >= 11 is 0. The Balaban J connectivity index is 1.71. The van der Waals surface area contributed by atoms with Gasteiger partial charge in [0.05, 0.1) is 0 Å². The van der Waals surface area contributed by atoms with Gasteiger partial charge in [-0.25, -0.2) is 0 Å². The van der Waals surface area contributed by atoms with Gasteiger partial charge >= 0.3 is 0 Å². The first kappa shape index (κ1) is 18.4. The molecule has 1 aromatic heterocycles. The van der Waals surface area contributed by atoms with Crippen molar-refractivity contribution in [2.24, 2.45) is 0 Å². The molecule has 1 heterocycles. The zero-order chi connectivity index (χ0) is 18.2. The van der Waals surface area contributed by atoms with Crippen LogP contribution in [0.3, 0.4) is 0 Å². The first-order valence-electron chi connectivity index (χ1n) is 8.13. The van der Waals surface area contributed by atoms with Gasteiger partial charge in [-0.3, -0.25) is 14.6 Å². The van der Waals surface area contributed by atoms with E-state index in [2.05, 4.69) is 15.6 Å². The maximum Gasteiger partial charge on any atom is 0.258 e. The van der Waals surface area contributed by atoms with E-state index in [-0.39, 0.29) is 18.4 Å². The largest absolute Gasteiger partial charge is 0.483 e. The van der Waals surface area contributed by atoms with Gasteiger partial charge < -0.3 is 15.4 Å². The average molecular weight is 341 g/mol. The van der Waals surface area contributed by atoms with E-state index in [0.717, 1.165) is 22.4 Å². The molecule has 0 spiro atoms. The monoisotopic (exact) mass is 341 g/mol. The van der Waals surface area contributed by atoms with E-state index in [1.807, 2.05) is 32.9 Å². The SMILES string of the molecule is Cc1ccc(C)c(OCC(=O)NCCNC(=O)c2ccncc2)c1C. The average Bonchev–Trinajstić information content (AvgIpc) is 2.62. The Bertz CT molecular complexity index is 745. The van der Waals surface area contributed by atoms with Crippen LogP contribution in [-0.4, -0.2) is 36.5 Å². The molecule has 0 atom stereocenters. The molecular formula is C19H23N3O3. The van der Waals surface area contributed by atoms with Crippen LogP contribution < -0.4 is 15.4 Å². The molecule has 25 heavy (non-hydrogen) atoms. The first-order chi connectivity index (χ1) is 12.0. The normalized spacial score (nSPS) is 10.2. The van der Waals surface area contributed by atoms with Crippen molar-refractivity contribution in [2.75, 3.05) is 19.7 Å². The highest BCUT2D eigenvalue weighted by molar-refractivity contribution is 5.93. The molecule has 0 radical (unpaired) electrons. The van der Waals surface area contributed by atoms with Crippen LogP contribution >= 0.6 is 0 Å². The summed E-state index contributed by atoms with van der Waals surface area (Å²) in [6, 6.07) is 7.27. The summed E-state index contributed by atoms with van der Waals surface area (Å²) in [6.07, 6.45) is 3.12. The minimum Gasteiger partial charge on any atom is -0.483 e. The quantitative estimate of drug-likeness (QED) is 0.754. The summed E-state index contributed by atoms with van der Waals surface area (Å²) in [5, 5.41) is 5.45. The van der Waals surface area contributed by atoms with Crippen LogP contribution in [0.2, 0.25) is 0 Å².